The number of likely N-dealkylation sites (N-methyl/N-ethyl adjacent to an activating group) is 1. The first kappa shape index (κ1) is 22.0. The van der Waals surface area contributed by atoms with Gasteiger partial charge in [0.15, 0.2) is 5.82 Å². The van der Waals surface area contributed by atoms with Crippen molar-refractivity contribution in [3.05, 3.63) is 71.4 Å². The van der Waals surface area contributed by atoms with Crippen LogP contribution in [-0.2, 0) is 0 Å². The number of anilines is 1. The number of amides is 1. The lowest BCUT2D eigenvalue weighted by atomic mass is 10.0. The number of rotatable bonds is 6. The summed E-state index contributed by atoms with van der Waals surface area (Å²) >= 11 is 0. The van der Waals surface area contributed by atoms with E-state index < -0.39 is 0 Å². The van der Waals surface area contributed by atoms with Gasteiger partial charge in [0.05, 0.1) is 23.5 Å². The quantitative estimate of drug-likeness (QED) is 0.642. The Labute approximate surface area is 187 Å². The van der Waals surface area contributed by atoms with Gasteiger partial charge in [0.1, 0.15) is 5.82 Å². The lowest BCUT2D eigenvalue weighted by Gasteiger charge is -2.37. The Morgan fingerprint density at radius 2 is 1.97 bits per heavy atom. The molecule has 3 aromatic rings. The summed E-state index contributed by atoms with van der Waals surface area (Å²) < 4.78 is 15.8. The Kier molecular flexibility index (Phi) is 6.50. The fourth-order valence-electron chi connectivity index (χ4n) is 4.16. The van der Waals surface area contributed by atoms with E-state index in [4.69, 9.17) is 0 Å². The Balaban J connectivity index is 1.53. The second kappa shape index (κ2) is 9.48. The van der Waals surface area contributed by atoms with Crippen LogP contribution in [-0.4, -0.2) is 58.3 Å². The van der Waals surface area contributed by atoms with E-state index in [0.717, 1.165) is 44.0 Å². The third-order valence-corrected chi connectivity index (χ3v) is 6.08. The van der Waals surface area contributed by atoms with E-state index in [2.05, 4.69) is 32.1 Å². The molecule has 2 aromatic heterocycles. The number of hydrogen-bond donors (Lipinski definition) is 1. The number of benzene rings is 1. The number of nitrogens with one attached hydrogen (secondary N) is 1. The molecule has 0 radical (unpaired) electrons. The SMILES string of the molecule is CCN1CCN(c2ccc(F)cc2C(C)NC(=O)c2cnn(-c3ccccn3)c2C)CC1. The summed E-state index contributed by atoms with van der Waals surface area (Å²) in [6.07, 6.45) is 3.23. The highest BCUT2D eigenvalue weighted by atomic mass is 19.1. The third-order valence-electron chi connectivity index (χ3n) is 6.08. The van der Waals surface area contributed by atoms with Gasteiger partial charge in [-0.2, -0.15) is 5.10 Å². The first-order valence-corrected chi connectivity index (χ1v) is 11.0. The lowest BCUT2D eigenvalue weighted by Crippen LogP contribution is -2.46. The maximum Gasteiger partial charge on any atom is 0.255 e. The van der Waals surface area contributed by atoms with E-state index in [1.807, 2.05) is 38.1 Å². The summed E-state index contributed by atoms with van der Waals surface area (Å²) in [5.41, 5.74) is 2.91. The van der Waals surface area contributed by atoms with Crippen molar-refractivity contribution in [2.24, 2.45) is 0 Å². The van der Waals surface area contributed by atoms with E-state index >= 15 is 0 Å². The van der Waals surface area contributed by atoms with Gasteiger partial charge in [-0.05, 0) is 50.7 Å². The predicted molar refractivity (Wildman–Crippen MR) is 123 cm³/mol. The van der Waals surface area contributed by atoms with Gasteiger partial charge in [-0.15, -0.1) is 0 Å². The third kappa shape index (κ3) is 4.50. The van der Waals surface area contributed by atoms with Crippen molar-refractivity contribution in [2.45, 2.75) is 26.8 Å². The minimum atomic E-state index is -0.366. The summed E-state index contributed by atoms with van der Waals surface area (Å²) in [7, 11) is 0. The number of halogens is 1. The van der Waals surface area contributed by atoms with Crippen molar-refractivity contribution in [3.63, 3.8) is 0 Å². The van der Waals surface area contributed by atoms with E-state index in [1.54, 1.807) is 17.1 Å². The van der Waals surface area contributed by atoms with Crippen molar-refractivity contribution < 1.29 is 9.18 Å². The average molecular weight is 437 g/mol. The Morgan fingerprint density at radius 1 is 1.19 bits per heavy atom. The van der Waals surface area contributed by atoms with Crippen LogP contribution in [0.15, 0.2) is 48.8 Å². The van der Waals surface area contributed by atoms with Crippen LogP contribution in [0, 0.1) is 12.7 Å². The zero-order valence-corrected chi connectivity index (χ0v) is 18.8. The van der Waals surface area contributed by atoms with Crippen LogP contribution in [0.3, 0.4) is 0 Å². The van der Waals surface area contributed by atoms with E-state index in [-0.39, 0.29) is 17.8 Å². The van der Waals surface area contributed by atoms with Crippen LogP contribution in [0.4, 0.5) is 10.1 Å². The summed E-state index contributed by atoms with van der Waals surface area (Å²) in [6, 6.07) is 10.0. The molecule has 1 atom stereocenters. The van der Waals surface area contributed by atoms with Crippen LogP contribution >= 0.6 is 0 Å². The van der Waals surface area contributed by atoms with E-state index in [1.165, 1.54) is 12.1 Å². The molecule has 4 rings (SSSR count). The van der Waals surface area contributed by atoms with E-state index in [0.29, 0.717) is 17.1 Å². The maximum atomic E-state index is 14.1. The van der Waals surface area contributed by atoms with Crippen molar-refractivity contribution in [3.8, 4) is 5.82 Å². The van der Waals surface area contributed by atoms with Crippen molar-refractivity contribution >= 4 is 11.6 Å². The molecule has 3 heterocycles. The molecular formula is C24H29FN6O. The van der Waals surface area contributed by atoms with Crippen molar-refractivity contribution in [1.82, 2.24) is 25.0 Å². The molecule has 1 unspecified atom stereocenters. The molecule has 1 aromatic carbocycles. The smallest absolute Gasteiger partial charge is 0.255 e. The fourth-order valence-corrected chi connectivity index (χ4v) is 4.16. The standard InChI is InChI=1S/C24H29FN6O/c1-4-29-11-13-30(14-12-29)22-9-8-19(25)15-20(22)17(2)28-24(32)21-16-27-31(18(21)3)23-7-5-6-10-26-23/h5-10,15-17H,4,11-14H2,1-3H3,(H,28,32). The van der Waals surface area contributed by atoms with Crippen molar-refractivity contribution in [1.29, 1.82) is 0 Å². The van der Waals surface area contributed by atoms with Gasteiger partial charge in [-0.25, -0.2) is 14.1 Å². The van der Waals surface area contributed by atoms with Gasteiger partial charge >= 0.3 is 0 Å². The first-order chi connectivity index (χ1) is 15.5. The van der Waals surface area contributed by atoms with Crippen LogP contribution in [0.5, 0.6) is 0 Å². The Bertz CT molecular complexity index is 1080. The maximum absolute atomic E-state index is 14.1. The average Bonchev–Trinajstić information content (AvgIpc) is 3.21. The zero-order valence-electron chi connectivity index (χ0n) is 18.8. The number of pyridine rings is 1. The summed E-state index contributed by atoms with van der Waals surface area (Å²) in [5, 5.41) is 7.36. The monoisotopic (exact) mass is 436 g/mol. The van der Waals surface area contributed by atoms with Gasteiger partial charge in [0.25, 0.3) is 5.91 Å². The molecule has 1 N–H and O–H groups in total. The highest BCUT2D eigenvalue weighted by molar-refractivity contribution is 5.95. The van der Waals surface area contributed by atoms with E-state index in [9.17, 15) is 9.18 Å². The predicted octanol–water partition coefficient (Wildman–Crippen LogP) is 3.35. The first-order valence-electron chi connectivity index (χ1n) is 11.0. The molecule has 7 nitrogen and oxygen atoms in total. The molecule has 1 saturated heterocycles. The van der Waals surface area contributed by atoms with Gasteiger partial charge in [-0.3, -0.25) is 4.79 Å². The minimum absolute atomic E-state index is 0.247. The molecule has 1 amide bonds. The number of nitrogens with zero attached hydrogens (tertiary/aromatic N) is 5. The Hall–Kier alpha value is -3.26. The topological polar surface area (TPSA) is 66.3 Å². The van der Waals surface area contributed by atoms with Crippen LogP contribution in [0.25, 0.3) is 5.82 Å². The van der Waals surface area contributed by atoms with Gasteiger partial charge in [0, 0.05) is 43.6 Å². The molecule has 8 heteroatoms. The summed E-state index contributed by atoms with van der Waals surface area (Å²) in [5.74, 6) is 0.0927. The fraction of sp³-hybridized carbons (Fsp3) is 0.375. The highest BCUT2D eigenvalue weighted by Gasteiger charge is 2.23. The Morgan fingerprint density at radius 3 is 2.66 bits per heavy atom. The van der Waals surface area contributed by atoms with Crippen LogP contribution in [0.2, 0.25) is 0 Å². The highest BCUT2D eigenvalue weighted by Crippen LogP contribution is 2.29. The molecule has 168 valence electrons. The molecule has 1 fully saturated rings. The molecular weight excluding hydrogens is 407 g/mol. The molecule has 0 saturated carbocycles. The number of piperazine rings is 1. The second-order valence-corrected chi connectivity index (χ2v) is 8.06. The van der Waals surface area contributed by atoms with Crippen LogP contribution < -0.4 is 10.2 Å². The van der Waals surface area contributed by atoms with Gasteiger partial charge in [0.2, 0.25) is 0 Å². The summed E-state index contributed by atoms with van der Waals surface area (Å²) in [6.45, 7) is 10.6. The van der Waals surface area contributed by atoms with Gasteiger partial charge < -0.3 is 15.1 Å². The number of carbonyl (C=O) groups excluding carboxylic acids is 1. The van der Waals surface area contributed by atoms with Gasteiger partial charge in [-0.1, -0.05) is 13.0 Å². The van der Waals surface area contributed by atoms with Crippen LogP contribution in [0.1, 0.15) is 41.5 Å². The molecule has 0 spiro atoms. The van der Waals surface area contributed by atoms with Crippen molar-refractivity contribution in [2.75, 3.05) is 37.6 Å². The number of aromatic nitrogens is 3. The second-order valence-electron chi connectivity index (χ2n) is 8.06. The summed E-state index contributed by atoms with van der Waals surface area (Å²) in [4.78, 5) is 22.0. The number of carbonyl (C=O) groups is 1. The molecule has 1 aliphatic rings. The molecule has 1 aliphatic heterocycles. The lowest BCUT2D eigenvalue weighted by molar-refractivity contribution is 0.0939. The zero-order chi connectivity index (χ0) is 22.7. The number of hydrogen-bond acceptors (Lipinski definition) is 5. The molecule has 0 aliphatic carbocycles. The molecule has 32 heavy (non-hydrogen) atoms. The minimum Gasteiger partial charge on any atom is -0.369 e. The molecule has 0 bridgehead atoms. The largest absolute Gasteiger partial charge is 0.369 e. The normalized spacial score (nSPS) is 15.6.